The van der Waals surface area contributed by atoms with Crippen molar-refractivity contribution in [1.29, 1.82) is 0 Å². The molecule has 2 heterocycles. The Morgan fingerprint density at radius 3 is 2.71 bits per heavy atom. The first-order chi connectivity index (χ1) is 11.6. The summed E-state index contributed by atoms with van der Waals surface area (Å²) in [4.78, 5) is 11.2. The minimum atomic E-state index is -3.22. The first-order valence-corrected chi connectivity index (χ1v) is 11.0. The van der Waals surface area contributed by atoms with E-state index in [2.05, 4.69) is 15.3 Å². The Morgan fingerprint density at radius 2 is 1.96 bits per heavy atom. The topological polar surface area (TPSA) is 75.2 Å². The molecule has 2 aromatic heterocycles. The molecule has 0 aliphatic heterocycles. The summed E-state index contributed by atoms with van der Waals surface area (Å²) in [6.07, 6.45) is 6.18. The lowest BCUT2D eigenvalue weighted by atomic mass is 9.97. The number of aryl methyl sites for hydroxylation is 2. The van der Waals surface area contributed by atoms with Gasteiger partial charge in [-0.25, -0.2) is 22.7 Å². The summed E-state index contributed by atoms with van der Waals surface area (Å²) in [5.41, 5.74) is 1.36. The van der Waals surface area contributed by atoms with Crippen LogP contribution in [0, 0.1) is 0 Å². The number of sulfonamides is 1. The van der Waals surface area contributed by atoms with Crippen molar-refractivity contribution < 1.29 is 8.42 Å². The molecule has 3 rings (SSSR count). The molecule has 0 bridgehead atoms. The largest absolute Gasteiger partial charge is 0.368 e. The number of anilines is 1. The SMILES string of the molecule is CCN(CC)S(=O)(=O)CCNc1ncnc2sc3c(c12)CCCC3. The lowest BCUT2D eigenvalue weighted by molar-refractivity contribution is 0.446. The molecular formula is C16H24N4O2S2. The zero-order valence-corrected chi connectivity index (χ0v) is 15.8. The number of nitrogens with one attached hydrogen (secondary N) is 1. The van der Waals surface area contributed by atoms with E-state index in [4.69, 9.17) is 0 Å². The van der Waals surface area contributed by atoms with Crippen LogP contribution in [0.5, 0.6) is 0 Å². The monoisotopic (exact) mass is 368 g/mol. The van der Waals surface area contributed by atoms with Crippen LogP contribution < -0.4 is 5.32 Å². The predicted molar refractivity (Wildman–Crippen MR) is 99.3 cm³/mol. The average Bonchev–Trinajstić information content (AvgIpc) is 2.95. The summed E-state index contributed by atoms with van der Waals surface area (Å²) < 4.78 is 26.1. The number of hydrogen-bond acceptors (Lipinski definition) is 6. The van der Waals surface area contributed by atoms with Gasteiger partial charge in [0.15, 0.2) is 0 Å². The molecule has 0 amide bonds. The van der Waals surface area contributed by atoms with Gasteiger partial charge in [0.1, 0.15) is 17.0 Å². The van der Waals surface area contributed by atoms with Gasteiger partial charge in [-0.15, -0.1) is 11.3 Å². The second-order valence-corrected chi connectivity index (χ2v) is 9.11. The van der Waals surface area contributed by atoms with Crippen molar-refractivity contribution in [1.82, 2.24) is 14.3 Å². The Hall–Kier alpha value is -1.25. The highest BCUT2D eigenvalue weighted by molar-refractivity contribution is 7.89. The highest BCUT2D eigenvalue weighted by atomic mass is 32.2. The zero-order valence-electron chi connectivity index (χ0n) is 14.2. The van der Waals surface area contributed by atoms with Gasteiger partial charge >= 0.3 is 0 Å². The van der Waals surface area contributed by atoms with E-state index < -0.39 is 10.0 Å². The van der Waals surface area contributed by atoms with Crippen molar-refractivity contribution in [2.45, 2.75) is 39.5 Å². The maximum atomic E-state index is 12.3. The number of rotatable bonds is 7. The van der Waals surface area contributed by atoms with Crippen molar-refractivity contribution in [2.24, 2.45) is 0 Å². The molecule has 8 heteroatoms. The average molecular weight is 369 g/mol. The van der Waals surface area contributed by atoms with Gasteiger partial charge < -0.3 is 5.32 Å². The van der Waals surface area contributed by atoms with Crippen LogP contribution in [0.2, 0.25) is 0 Å². The van der Waals surface area contributed by atoms with Crippen LogP contribution in [0.25, 0.3) is 10.2 Å². The number of fused-ring (bicyclic) bond motifs is 3. The van der Waals surface area contributed by atoms with E-state index >= 15 is 0 Å². The van der Waals surface area contributed by atoms with Crippen LogP contribution in [-0.2, 0) is 22.9 Å². The van der Waals surface area contributed by atoms with Crippen LogP contribution in [0.3, 0.4) is 0 Å². The number of aromatic nitrogens is 2. The van der Waals surface area contributed by atoms with Crippen LogP contribution in [0.15, 0.2) is 6.33 Å². The lowest BCUT2D eigenvalue weighted by Gasteiger charge is -2.18. The van der Waals surface area contributed by atoms with Gasteiger partial charge in [-0.1, -0.05) is 13.8 Å². The van der Waals surface area contributed by atoms with Crippen molar-refractivity contribution in [3.05, 3.63) is 16.8 Å². The molecule has 1 N–H and O–H groups in total. The van der Waals surface area contributed by atoms with Gasteiger partial charge in [-0.05, 0) is 31.2 Å². The van der Waals surface area contributed by atoms with Gasteiger partial charge in [-0.3, -0.25) is 0 Å². The maximum Gasteiger partial charge on any atom is 0.215 e. The number of nitrogens with zero attached hydrogens (tertiary/aromatic N) is 3. The predicted octanol–water partition coefficient (Wildman–Crippen LogP) is 2.65. The Labute approximate surface area is 147 Å². The van der Waals surface area contributed by atoms with E-state index in [1.54, 1.807) is 17.7 Å². The van der Waals surface area contributed by atoms with Crippen LogP contribution in [0.1, 0.15) is 37.1 Å². The molecule has 6 nitrogen and oxygen atoms in total. The van der Waals surface area contributed by atoms with E-state index in [0.717, 1.165) is 28.9 Å². The molecule has 24 heavy (non-hydrogen) atoms. The standard InChI is InChI=1S/C16H24N4O2S2/c1-3-20(4-2)24(21,22)10-9-17-15-14-12-7-5-6-8-13(12)23-16(14)19-11-18-15/h11H,3-10H2,1-2H3,(H,17,18,19). The summed E-state index contributed by atoms with van der Waals surface area (Å²) in [6, 6.07) is 0. The molecule has 0 radical (unpaired) electrons. The molecular weight excluding hydrogens is 344 g/mol. The fourth-order valence-corrected chi connectivity index (χ4v) is 5.90. The number of thiophene rings is 1. The molecule has 1 aliphatic rings. The van der Waals surface area contributed by atoms with Gasteiger partial charge in [0.05, 0.1) is 11.1 Å². The third-order valence-electron chi connectivity index (χ3n) is 4.50. The van der Waals surface area contributed by atoms with Crippen LogP contribution >= 0.6 is 11.3 Å². The van der Waals surface area contributed by atoms with Gasteiger partial charge in [-0.2, -0.15) is 0 Å². The summed E-state index contributed by atoms with van der Waals surface area (Å²) >= 11 is 1.75. The second-order valence-electron chi connectivity index (χ2n) is 5.94. The molecule has 0 aromatic carbocycles. The first-order valence-electron chi connectivity index (χ1n) is 8.53. The normalized spacial score (nSPS) is 15.0. The van der Waals surface area contributed by atoms with E-state index in [-0.39, 0.29) is 5.75 Å². The maximum absolute atomic E-state index is 12.3. The molecule has 2 aromatic rings. The molecule has 0 fully saturated rings. The second kappa shape index (κ2) is 7.33. The van der Waals surface area contributed by atoms with E-state index in [1.165, 1.54) is 27.6 Å². The van der Waals surface area contributed by atoms with Crippen molar-refractivity contribution in [3.63, 3.8) is 0 Å². The minimum Gasteiger partial charge on any atom is -0.368 e. The third kappa shape index (κ3) is 3.41. The fourth-order valence-electron chi connectivity index (χ4n) is 3.27. The van der Waals surface area contributed by atoms with Crippen molar-refractivity contribution >= 4 is 37.4 Å². The molecule has 0 spiro atoms. The quantitative estimate of drug-likeness (QED) is 0.813. The third-order valence-corrected chi connectivity index (χ3v) is 7.73. The summed E-state index contributed by atoms with van der Waals surface area (Å²) in [5.74, 6) is 0.848. The van der Waals surface area contributed by atoms with Gasteiger partial charge in [0.2, 0.25) is 10.0 Å². The molecule has 1 aliphatic carbocycles. The van der Waals surface area contributed by atoms with Crippen molar-refractivity contribution in [3.8, 4) is 0 Å². The summed E-state index contributed by atoms with van der Waals surface area (Å²) in [7, 11) is -3.22. The van der Waals surface area contributed by atoms with Crippen LogP contribution in [0.4, 0.5) is 5.82 Å². The minimum absolute atomic E-state index is 0.0759. The summed E-state index contributed by atoms with van der Waals surface area (Å²) in [6.45, 7) is 5.10. The Kier molecular flexibility index (Phi) is 5.36. The highest BCUT2D eigenvalue weighted by Crippen LogP contribution is 2.37. The molecule has 0 unspecified atom stereocenters. The highest BCUT2D eigenvalue weighted by Gasteiger charge is 2.21. The van der Waals surface area contributed by atoms with Crippen LogP contribution in [-0.4, -0.2) is 48.1 Å². The first kappa shape index (κ1) is 17.6. The molecule has 0 saturated heterocycles. The van der Waals surface area contributed by atoms with Crippen molar-refractivity contribution in [2.75, 3.05) is 30.7 Å². The Bertz CT molecular complexity index is 813. The number of hydrogen-bond donors (Lipinski definition) is 1. The Balaban J connectivity index is 1.78. The van der Waals surface area contributed by atoms with Gasteiger partial charge in [0.25, 0.3) is 0 Å². The molecule has 0 atom stereocenters. The molecule has 132 valence electrons. The lowest BCUT2D eigenvalue weighted by Crippen LogP contribution is -2.34. The van der Waals surface area contributed by atoms with E-state index in [9.17, 15) is 8.42 Å². The smallest absolute Gasteiger partial charge is 0.215 e. The van der Waals surface area contributed by atoms with E-state index in [1.807, 2.05) is 13.8 Å². The molecule has 0 saturated carbocycles. The Morgan fingerprint density at radius 1 is 1.21 bits per heavy atom. The zero-order chi connectivity index (χ0) is 17.2. The van der Waals surface area contributed by atoms with Gasteiger partial charge in [0, 0.05) is 24.5 Å². The van der Waals surface area contributed by atoms with E-state index in [0.29, 0.717) is 19.6 Å². The summed E-state index contributed by atoms with van der Waals surface area (Å²) in [5, 5.41) is 4.33. The fraction of sp³-hybridized carbons (Fsp3) is 0.625.